The van der Waals surface area contributed by atoms with Crippen LogP contribution in [0.1, 0.15) is 25.7 Å². The molecule has 0 aliphatic heterocycles. The van der Waals surface area contributed by atoms with Gasteiger partial charge in [-0.05, 0) is 12.8 Å². The van der Waals surface area contributed by atoms with Gasteiger partial charge in [0.05, 0.1) is 0 Å². The van der Waals surface area contributed by atoms with Crippen LogP contribution in [0.3, 0.4) is 0 Å². The van der Waals surface area contributed by atoms with Crippen molar-refractivity contribution in [2.75, 3.05) is 13.7 Å². The summed E-state index contributed by atoms with van der Waals surface area (Å²) in [6.07, 6.45) is 3.10. The van der Waals surface area contributed by atoms with Crippen molar-refractivity contribution in [3.05, 3.63) is 12.7 Å². The molecule has 0 saturated carbocycles. The second kappa shape index (κ2) is 7.39. The van der Waals surface area contributed by atoms with Gasteiger partial charge in [0.2, 0.25) is 0 Å². The summed E-state index contributed by atoms with van der Waals surface area (Å²) >= 11 is 0. The van der Waals surface area contributed by atoms with Gasteiger partial charge >= 0.3 is 11.9 Å². The lowest BCUT2D eigenvalue weighted by atomic mass is 10.2. The lowest BCUT2D eigenvalue weighted by molar-refractivity contribution is -0.333. The molecule has 0 spiro atoms. The van der Waals surface area contributed by atoms with Crippen LogP contribution in [-0.4, -0.2) is 35.9 Å². The quantitative estimate of drug-likeness (QED) is 0.269. The van der Waals surface area contributed by atoms with E-state index in [9.17, 15) is 9.90 Å². The van der Waals surface area contributed by atoms with Gasteiger partial charge in [0, 0.05) is 26.2 Å². The molecule has 5 heteroatoms. The minimum Gasteiger partial charge on any atom is -0.405 e. The van der Waals surface area contributed by atoms with Gasteiger partial charge in [-0.3, -0.25) is 0 Å². The van der Waals surface area contributed by atoms with E-state index in [4.69, 9.17) is 9.84 Å². The van der Waals surface area contributed by atoms with E-state index in [0.717, 1.165) is 12.5 Å². The number of unbranched alkanes of at least 4 members (excludes halogenated alkanes) is 2. The van der Waals surface area contributed by atoms with Gasteiger partial charge in [-0.25, -0.2) is 4.79 Å². The lowest BCUT2D eigenvalue weighted by Crippen LogP contribution is -2.36. The van der Waals surface area contributed by atoms with E-state index >= 15 is 0 Å². The first-order chi connectivity index (χ1) is 7.08. The highest BCUT2D eigenvalue weighted by Gasteiger charge is 2.29. The van der Waals surface area contributed by atoms with Crippen LogP contribution in [0, 0.1) is 0 Å². The Morgan fingerprint density at radius 2 is 2.13 bits per heavy atom. The van der Waals surface area contributed by atoms with Gasteiger partial charge in [-0.2, -0.15) is 0 Å². The molecule has 0 aromatic carbocycles. The van der Waals surface area contributed by atoms with Gasteiger partial charge in [0.25, 0.3) is 0 Å². The molecule has 0 fully saturated rings. The molecular formula is C10H18O5. The highest BCUT2D eigenvalue weighted by Crippen LogP contribution is 2.17. The number of rotatable bonds is 8. The van der Waals surface area contributed by atoms with Crippen LogP contribution >= 0.6 is 0 Å². The third kappa shape index (κ3) is 6.22. The van der Waals surface area contributed by atoms with Crippen LogP contribution in [0.25, 0.3) is 0 Å². The summed E-state index contributed by atoms with van der Waals surface area (Å²) in [6, 6.07) is 0. The van der Waals surface area contributed by atoms with Crippen LogP contribution in [0.2, 0.25) is 0 Å². The fourth-order valence-corrected chi connectivity index (χ4v) is 1.03. The number of hydrogen-bond acceptors (Lipinski definition) is 5. The number of carbonyl (C=O) groups excluding carboxylic acids is 1. The summed E-state index contributed by atoms with van der Waals surface area (Å²) in [5.41, 5.74) is 0. The molecule has 0 aliphatic rings. The second-order valence-electron chi connectivity index (χ2n) is 3.08. The number of ether oxygens (including phenoxy) is 2. The third-order valence-electron chi connectivity index (χ3n) is 1.90. The Labute approximate surface area is 89.3 Å². The Morgan fingerprint density at radius 1 is 1.47 bits per heavy atom. The number of carbonyl (C=O) groups is 1. The predicted molar refractivity (Wildman–Crippen MR) is 53.8 cm³/mol. The van der Waals surface area contributed by atoms with Crippen LogP contribution < -0.4 is 0 Å². The van der Waals surface area contributed by atoms with Crippen molar-refractivity contribution in [1.82, 2.24) is 0 Å². The number of esters is 1. The Balaban J connectivity index is 3.95. The average Bonchev–Trinajstić information content (AvgIpc) is 2.24. The Kier molecular flexibility index (Phi) is 6.94. The maximum atomic E-state index is 10.9. The molecule has 15 heavy (non-hydrogen) atoms. The van der Waals surface area contributed by atoms with Crippen molar-refractivity contribution < 1.29 is 24.5 Å². The van der Waals surface area contributed by atoms with Gasteiger partial charge < -0.3 is 19.7 Å². The molecule has 0 aliphatic carbocycles. The number of methoxy groups -OCH3 is 1. The zero-order chi connectivity index (χ0) is 11.7. The van der Waals surface area contributed by atoms with E-state index in [2.05, 4.69) is 11.3 Å². The molecule has 0 rings (SSSR count). The molecule has 1 atom stereocenters. The standard InChI is InChI=1S/C10H18O5/c1-3-9(12)15-10(13,14-2)7-5-4-6-8-11/h3,11,13H,1,4-8H2,2H3. The molecule has 88 valence electrons. The molecular weight excluding hydrogens is 200 g/mol. The minimum atomic E-state index is -1.89. The fraction of sp³-hybridized carbons (Fsp3) is 0.700. The Hall–Kier alpha value is -0.910. The summed E-state index contributed by atoms with van der Waals surface area (Å²) in [7, 11) is 1.25. The van der Waals surface area contributed by atoms with Crippen LogP contribution in [0.5, 0.6) is 0 Å². The Morgan fingerprint density at radius 3 is 2.60 bits per heavy atom. The minimum absolute atomic E-state index is 0.109. The second-order valence-corrected chi connectivity index (χ2v) is 3.08. The summed E-state index contributed by atoms with van der Waals surface area (Å²) in [6.45, 7) is 3.32. The largest absolute Gasteiger partial charge is 0.405 e. The average molecular weight is 218 g/mol. The van der Waals surface area contributed by atoms with Crippen LogP contribution in [0.4, 0.5) is 0 Å². The summed E-state index contributed by atoms with van der Waals surface area (Å²) in [5.74, 6) is -2.62. The van der Waals surface area contributed by atoms with E-state index in [1.54, 1.807) is 0 Å². The van der Waals surface area contributed by atoms with E-state index in [1.165, 1.54) is 7.11 Å². The third-order valence-corrected chi connectivity index (χ3v) is 1.90. The maximum Gasteiger partial charge on any atom is 0.334 e. The monoisotopic (exact) mass is 218 g/mol. The zero-order valence-corrected chi connectivity index (χ0v) is 8.94. The topological polar surface area (TPSA) is 76.0 Å². The summed E-state index contributed by atoms with van der Waals surface area (Å²) in [4.78, 5) is 10.9. The molecule has 0 aromatic rings. The molecule has 0 bridgehead atoms. The molecule has 0 amide bonds. The van der Waals surface area contributed by atoms with E-state index in [1.807, 2.05) is 0 Å². The molecule has 2 N–H and O–H groups in total. The van der Waals surface area contributed by atoms with Crippen LogP contribution in [-0.2, 0) is 14.3 Å². The van der Waals surface area contributed by atoms with Gasteiger partial charge in [-0.1, -0.05) is 13.0 Å². The normalized spacial score (nSPS) is 14.3. The first kappa shape index (κ1) is 14.1. The molecule has 0 radical (unpaired) electrons. The highest BCUT2D eigenvalue weighted by atomic mass is 16.8. The van der Waals surface area contributed by atoms with Crippen molar-refractivity contribution in [1.29, 1.82) is 0 Å². The van der Waals surface area contributed by atoms with Crippen molar-refractivity contribution in [2.24, 2.45) is 0 Å². The molecule has 0 aromatic heterocycles. The number of aliphatic hydroxyl groups is 2. The number of aliphatic hydroxyl groups excluding tert-OH is 1. The Bertz CT molecular complexity index is 204. The van der Waals surface area contributed by atoms with Gasteiger partial charge in [-0.15, -0.1) is 0 Å². The molecule has 1 unspecified atom stereocenters. The number of hydrogen-bond donors (Lipinski definition) is 2. The first-order valence-electron chi connectivity index (χ1n) is 4.82. The van der Waals surface area contributed by atoms with Crippen molar-refractivity contribution in [3.8, 4) is 0 Å². The van der Waals surface area contributed by atoms with Gasteiger partial charge in [0.15, 0.2) is 0 Å². The predicted octanol–water partition coefficient (Wildman–Crippen LogP) is 0.561. The molecule has 0 heterocycles. The van der Waals surface area contributed by atoms with Crippen molar-refractivity contribution in [3.63, 3.8) is 0 Å². The van der Waals surface area contributed by atoms with Crippen LogP contribution in [0.15, 0.2) is 12.7 Å². The smallest absolute Gasteiger partial charge is 0.334 e. The zero-order valence-electron chi connectivity index (χ0n) is 8.94. The van der Waals surface area contributed by atoms with E-state index in [0.29, 0.717) is 12.8 Å². The first-order valence-corrected chi connectivity index (χ1v) is 4.82. The fourth-order valence-electron chi connectivity index (χ4n) is 1.03. The maximum absolute atomic E-state index is 10.9. The van der Waals surface area contributed by atoms with Gasteiger partial charge in [0.1, 0.15) is 0 Å². The highest BCUT2D eigenvalue weighted by molar-refractivity contribution is 5.81. The van der Waals surface area contributed by atoms with Crippen molar-refractivity contribution in [2.45, 2.75) is 31.7 Å². The molecule has 0 saturated heterocycles. The van der Waals surface area contributed by atoms with E-state index in [-0.39, 0.29) is 13.0 Å². The summed E-state index contributed by atoms with van der Waals surface area (Å²) < 4.78 is 9.32. The van der Waals surface area contributed by atoms with E-state index < -0.39 is 11.9 Å². The summed E-state index contributed by atoms with van der Waals surface area (Å²) in [5, 5.41) is 18.2. The lowest BCUT2D eigenvalue weighted by Gasteiger charge is -2.24. The SMILES string of the molecule is C=CC(=O)OC(O)(CCCCCO)OC. The molecule has 5 nitrogen and oxygen atoms in total. The van der Waals surface area contributed by atoms with Crippen molar-refractivity contribution >= 4 is 5.97 Å².